The van der Waals surface area contributed by atoms with Crippen LogP contribution >= 0.6 is 23.4 Å². The minimum absolute atomic E-state index is 0.153. The van der Waals surface area contributed by atoms with Gasteiger partial charge in [0.1, 0.15) is 0 Å². The molecule has 0 spiro atoms. The van der Waals surface area contributed by atoms with Gasteiger partial charge in [0.25, 0.3) is 5.91 Å². The van der Waals surface area contributed by atoms with Crippen LogP contribution in [0.15, 0.2) is 83.8 Å². The summed E-state index contributed by atoms with van der Waals surface area (Å²) >= 11 is 7.77. The average molecular weight is 354 g/mol. The molecule has 120 valence electrons. The predicted molar refractivity (Wildman–Crippen MR) is 102 cm³/mol. The fourth-order valence-electron chi connectivity index (χ4n) is 2.27. The van der Waals surface area contributed by atoms with Crippen LogP contribution in [-0.2, 0) is 5.75 Å². The molecule has 0 aliphatic carbocycles. The number of amides is 1. The minimum Gasteiger partial charge on any atom is -0.321 e. The standard InChI is InChI=1S/C20H16ClNOS/c21-17-11-5-6-12-18(17)22-20(23)16-10-4-7-13-19(16)24-14-15-8-2-1-3-9-15/h1-13H,14H2,(H,22,23). The van der Waals surface area contributed by atoms with Crippen LogP contribution < -0.4 is 5.32 Å². The summed E-state index contributed by atoms with van der Waals surface area (Å²) in [5.41, 5.74) is 2.49. The number of para-hydroxylation sites is 1. The van der Waals surface area contributed by atoms with Crippen LogP contribution in [0.2, 0.25) is 5.02 Å². The first kappa shape index (κ1) is 16.6. The number of halogens is 1. The fraction of sp³-hybridized carbons (Fsp3) is 0.0500. The van der Waals surface area contributed by atoms with Crippen LogP contribution in [0.5, 0.6) is 0 Å². The number of rotatable bonds is 5. The molecule has 4 heteroatoms. The van der Waals surface area contributed by atoms with Crippen LogP contribution in [0.25, 0.3) is 0 Å². The molecule has 0 aromatic heterocycles. The van der Waals surface area contributed by atoms with Crippen molar-refractivity contribution in [3.05, 3.63) is 95.0 Å². The fourth-order valence-corrected chi connectivity index (χ4v) is 3.46. The Morgan fingerprint density at radius 2 is 1.54 bits per heavy atom. The van der Waals surface area contributed by atoms with Gasteiger partial charge < -0.3 is 5.32 Å². The van der Waals surface area contributed by atoms with Crippen molar-refractivity contribution in [2.75, 3.05) is 5.32 Å². The molecule has 0 unspecified atom stereocenters. The number of carbonyl (C=O) groups is 1. The summed E-state index contributed by atoms with van der Waals surface area (Å²) in [4.78, 5) is 13.6. The van der Waals surface area contributed by atoms with E-state index in [1.165, 1.54) is 5.56 Å². The van der Waals surface area contributed by atoms with Crippen molar-refractivity contribution in [1.29, 1.82) is 0 Å². The maximum Gasteiger partial charge on any atom is 0.256 e. The van der Waals surface area contributed by atoms with Gasteiger partial charge in [0.15, 0.2) is 0 Å². The van der Waals surface area contributed by atoms with Gasteiger partial charge in [-0.1, -0.05) is 66.2 Å². The van der Waals surface area contributed by atoms with Gasteiger partial charge in [0, 0.05) is 10.6 Å². The molecule has 2 nitrogen and oxygen atoms in total. The Balaban J connectivity index is 1.76. The van der Waals surface area contributed by atoms with Crippen LogP contribution in [0.4, 0.5) is 5.69 Å². The number of hydrogen-bond donors (Lipinski definition) is 1. The number of hydrogen-bond acceptors (Lipinski definition) is 2. The Kier molecular flexibility index (Phi) is 5.57. The van der Waals surface area contributed by atoms with Gasteiger partial charge in [-0.25, -0.2) is 0 Å². The van der Waals surface area contributed by atoms with Crippen molar-refractivity contribution in [3.63, 3.8) is 0 Å². The summed E-state index contributed by atoms with van der Waals surface area (Å²) in [6.07, 6.45) is 0. The zero-order valence-electron chi connectivity index (χ0n) is 12.9. The highest BCUT2D eigenvalue weighted by molar-refractivity contribution is 7.98. The van der Waals surface area contributed by atoms with E-state index in [9.17, 15) is 4.79 Å². The Morgan fingerprint density at radius 3 is 2.33 bits per heavy atom. The molecular formula is C20H16ClNOS. The lowest BCUT2D eigenvalue weighted by molar-refractivity contribution is 0.102. The number of thioether (sulfide) groups is 1. The van der Waals surface area contributed by atoms with E-state index in [0.29, 0.717) is 16.3 Å². The SMILES string of the molecule is O=C(Nc1ccccc1Cl)c1ccccc1SCc1ccccc1. The highest BCUT2D eigenvalue weighted by atomic mass is 35.5. The van der Waals surface area contributed by atoms with E-state index in [1.807, 2.05) is 54.6 Å². The van der Waals surface area contributed by atoms with E-state index in [1.54, 1.807) is 23.9 Å². The molecule has 0 saturated carbocycles. The van der Waals surface area contributed by atoms with Crippen molar-refractivity contribution in [2.24, 2.45) is 0 Å². The lowest BCUT2D eigenvalue weighted by Gasteiger charge is -2.11. The van der Waals surface area contributed by atoms with E-state index >= 15 is 0 Å². The Morgan fingerprint density at radius 1 is 0.875 bits per heavy atom. The molecule has 0 atom stereocenters. The molecule has 0 fully saturated rings. The monoisotopic (exact) mass is 353 g/mol. The number of carbonyl (C=O) groups excluding carboxylic acids is 1. The van der Waals surface area contributed by atoms with Crippen molar-refractivity contribution in [1.82, 2.24) is 0 Å². The van der Waals surface area contributed by atoms with Crippen LogP contribution in [0.1, 0.15) is 15.9 Å². The summed E-state index contributed by atoms with van der Waals surface area (Å²) in [6.45, 7) is 0. The summed E-state index contributed by atoms with van der Waals surface area (Å²) in [7, 11) is 0. The first-order chi connectivity index (χ1) is 11.7. The topological polar surface area (TPSA) is 29.1 Å². The molecule has 0 heterocycles. The van der Waals surface area contributed by atoms with Crippen LogP contribution in [0.3, 0.4) is 0 Å². The van der Waals surface area contributed by atoms with E-state index in [2.05, 4.69) is 17.4 Å². The first-order valence-corrected chi connectivity index (χ1v) is 8.92. The normalized spacial score (nSPS) is 10.4. The van der Waals surface area contributed by atoms with Crippen LogP contribution in [0, 0.1) is 0 Å². The third-order valence-corrected chi connectivity index (χ3v) is 4.97. The summed E-state index contributed by atoms with van der Waals surface area (Å²) < 4.78 is 0. The molecule has 1 amide bonds. The third kappa shape index (κ3) is 4.19. The molecule has 3 aromatic carbocycles. The number of benzene rings is 3. The van der Waals surface area contributed by atoms with Gasteiger partial charge >= 0.3 is 0 Å². The molecule has 0 aliphatic heterocycles. The van der Waals surface area contributed by atoms with E-state index in [4.69, 9.17) is 11.6 Å². The molecule has 0 saturated heterocycles. The molecule has 0 aliphatic rings. The van der Waals surface area contributed by atoms with Crippen molar-refractivity contribution in [3.8, 4) is 0 Å². The van der Waals surface area contributed by atoms with Gasteiger partial charge in [0.2, 0.25) is 0 Å². The largest absolute Gasteiger partial charge is 0.321 e. The third-order valence-electron chi connectivity index (χ3n) is 3.49. The second-order valence-electron chi connectivity index (χ2n) is 5.20. The second-order valence-corrected chi connectivity index (χ2v) is 6.63. The Labute approximate surface area is 150 Å². The van der Waals surface area contributed by atoms with E-state index < -0.39 is 0 Å². The molecule has 3 aromatic rings. The average Bonchev–Trinajstić information content (AvgIpc) is 2.63. The van der Waals surface area contributed by atoms with Gasteiger partial charge in [0.05, 0.1) is 16.3 Å². The molecule has 0 bridgehead atoms. The minimum atomic E-state index is -0.153. The summed E-state index contributed by atoms with van der Waals surface area (Å²) in [5, 5.41) is 3.41. The van der Waals surface area contributed by atoms with Gasteiger partial charge in [-0.2, -0.15) is 0 Å². The molecule has 1 N–H and O–H groups in total. The quantitative estimate of drug-likeness (QED) is 0.580. The summed E-state index contributed by atoms with van der Waals surface area (Å²) in [6, 6.07) is 25.0. The van der Waals surface area contributed by atoms with Gasteiger partial charge in [-0.15, -0.1) is 11.8 Å². The van der Waals surface area contributed by atoms with E-state index in [0.717, 1.165) is 10.6 Å². The molecule has 24 heavy (non-hydrogen) atoms. The lowest BCUT2D eigenvalue weighted by Crippen LogP contribution is -2.13. The lowest BCUT2D eigenvalue weighted by atomic mass is 10.2. The molecule has 0 radical (unpaired) electrons. The molecule has 3 rings (SSSR count). The first-order valence-electron chi connectivity index (χ1n) is 7.55. The van der Waals surface area contributed by atoms with Crippen molar-refractivity contribution < 1.29 is 4.79 Å². The molecular weight excluding hydrogens is 338 g/mol. The zero-order chi connectivity index (χ0) is 16.8. The second kappa shape index (κ2) is 8.04. The van der Waals surface area contributed by atoms with Crippen LogP contribution in [-0.4, -0.2) is 5.91 Å². The number of anilines is 1. The van der Waals surface area contributed by atoms with Gasteiger partial charge in [-0.3, -0.25) is 4.79 Å². The van der Waals surface area contributed by atoms with Crippen molar-refractivity contribution in [2.45, 2.75) is 10.6 Å². The predicted octanol–water partition coefficient (Wildman–Crippen LogP) is 5.88. The van der Waals surface area contributed by atoms with Gasteiger partial charge in [-0.05, 0) is 29.8 Å². The Bertz CT molecular complexity index is 836. The Hall–Kier alpha value is -2.23. The zero-order valence-corrected chi connectivity index (χ0v) is 14.5. The maximum atomic E-state index is 12.6. The smallest absolute Gasteiger partial charge is 0.256 e. The number of nitrogens with one attached hydrogen (secondary N) is 1. The highest BCUT2D eigenvalue weighted by Gasteiger charge is 2.13. The summed E-state index contributed by atoms with van der Waals surface area (Å²) in [5.74, 6) is 0.663. The van der Waals surface area contributed by atoms with Crippen molar-refractivity contribution >= 4 is 35.0 Å². The van der Waals surface area contributed by atoms with E-state index in [-0.39, 0.29) is 5.91 Å². The maximum absolute atomic E-state index is 12.6. The highest BCUT2D eigenvalue weighted by Crippen LogP contribution is 2.28.